The Labute approximate surface area is 180 Å². The highest BCUT2D eigenvalue weighted by atomic mass is 32.2. The molecule has 7 heteroatoms. The molecule has 0 saturated heterocycles. The second-order valence-corrected chi connectivity index (χ2v) is 7.91. The molecular formula is C23H23N3O3S. The third kappa shape index (κ3) is 5.67. The molecule has 1 N–H and O–H groups in total. The van der Waals surface area contributed by atoms with Crippen molar-refractivity contribution >= 4 is 29.1 Å². The number of rotatable bonds is 7. The number of aryl methyl sites for hydroxylation is 2. The molecule has 2 aromatic carbocycles. The van der Waals surface area contributed by atoms with Crippen molar-refractivity contribution in [2.45, 2.75) is 37.2 Å². The zero-order chi connectivity index (χ0) is 21.7. The van der Waals surface area contributed by atoms with Gasteiger partial charge < -0.3 is 10.1 Å². The zero-order valence-electron chi connectivity index (χ0n) is 17.4. The smallest absolute Gasteiger partial charge is 0.228 e. The first-order valence-electron chi connectivity index (χ1n) is 9.42. The molecule has 3 aromatic rings. The predicted molar refractivity (Wildman–Crippen MR) is 117 cm³/mol. The minimum Gasteiger partial charge on any atom is -0.496 e. The Morgan fingerprint density at radius 2 is 1.67 bits per heavy atom. The lowest BCUT2D eigenvalue weighted by molar-refractivity contribution is -0.115. The molecule has 3 rings (SSSR count). The van der Waals surface area contributed by atoms with E-state index >= 15 is 0 Å². The Kier molecular flexibility index (Phi) is 6.84. The molecule has 0 aliphatic rings. The lowest BCUT2D eigenvalue weighted by Crippen LogP contribution is -2.15. The number of ether oxygens (including phenoxy) is 1. The van der Waals surface area contributed by atoms with Crippen molar-refractivity contribution < 1.29 is 14.3 Å². The summed E-state index contributed by atoms with van der Waals surface area (Å²) in [7, 11) is 1.54. The van der Waals surface area contributed by atoms with E-state index in [4.69, 9.17) is 4.74 Å². The first kappa shape index (κ1) is 21.5. The van der Waals surface area contributed by atoms with Gasteiger partial charge in [0.05, 0.1) is 13.5 Å². The van der Waals surface area contributed by atoms with E-state index in [-0.39, 0.29) is 18.1 Å². The molecule has 6 nitrogen and oxygen atoms in total. The highest BCUT2D eigenvalue weighted by molar-refractivity contribution is 7.99. The van der Waals surface area contributed by atoms with E-state index in [1.807, 2.05) is 44.2 Å². The van der Waals surface area contributed by atoms with Crippen molar-refractivity contribution in [3.8, 4) is 5.75 Å². The Morgan fingerprint density at radius 1 is 1.00 bits per heavy atom. The van der Waals surface area contributed by atoms with Crippen LogP contribution in [0.4, 0.5) is 5.69 Å². The van der Waals surface area contributed by atoms with Gasteiger partial charge in [0.25, 0.3) is 0 Å². The number of nitrogens with one attached hydrogen (secondary N) is 1. The van der Waals surface area contributed by atoms with Gasteiger partial charge in [-0.15, -0.1) is 0 Å². The summed E-state index contributed by atoms with van der Waals surface area (Å²) in [6.07, 6.45) is 0.108. The van der Waals surface area contributed by atoms with Gasteiger partial charge in [0.15, 0.2) is 10.9 Å². The van der Waals surface area contributed by atoms with Crippen LogP contribution >= 0.6 is 11.8 Å². The molecular weight excluding hydrogens is 398 g/mol. The van der Waals surface area contributed by atoms with E-state index < -0.39 is 0 Å². The third-order valence-electron chi connectivity index (χ3n) is 4.35. The number of Topliss-reactive ketones (excluding diaryl/α,β-unsaturated/α-hetero) is 1. The average molecular weight is 422 g/mol. The fourth-order valence-electron chi connectivity index (χ4n) is 2.96. The molecule has 1 amide bonds. The maximum atomic E-state index is 12.5. The SMILES string of the molecule is COc1ccc(C(C)=O)cc1CC(=O)Nc1ccc(Sc2nc(C)cc(C)n2)cc1. The number of hydrogen-bond acceptors (Lipinski definition) is 6. The molecule has 0 unspecified atom stereocenters. The van der Waals surface area contributed by atoms with Crippen LogP contribution in [0.2, 0.25) is 0 Å². The Balaban J connectivity index is 1.66. The van der Waals surface area contributed by atoms with Crippen LogP contribution < -0.4 is 10.1 Å². The van der Waals surface area contributed by atoms with Gasteiger partial charge in [-0.25, -0.2) is 9.97 Å². The van der Waals surface area contributed by atoms with Crippen LogP contribution in [0.25, 0.3) is 0 Å². The molecule has 0 saturated carbocycles. The van der Waals surface area contributed by atoms with Crippen LogP contribution in [0.15, 0.2) is 58.6 Å². The number of anilines is 1. The molecule has 0 aliphatic heterocycles. The fraction of sp³-hybridized carbons (Fsp3) is 0.217. The monoisotopic (exact) mass is 421 g/mol. The molecule has 1 heterocycles. The Hall–Kier alpha value is -3.19. The van der Waals surface area contributed by atoms with Crippen LogP contribution in [0.3, 0.4) is 0 Å². The van der Waals surface area contributed by atoms with Gasteiger partial charge >= 0.3 is 0 Å². The number of methoxy groups -OCH3 is 1. The second kappa shape index (κ2) is 9.54. The van der Waals surface area contributed by atoms with Gasteiger partial charge in [-0.05, 0) is 81.1 Å². The van der Waals surface area contributed by atoms with E-state index in [9.17, 15) is 9.59 Å². The highest BCUT2D eigenvalue weighted by Crippen LogP contribution is 2.26. The first-order valence-corrected chi connectivity index (χ1v) is 10.2. The lowest BCUT2D eigenvalue weighted by atomic mass is 10.0. The number of aromatic nitrogens is 2. The van der Waals surface area contributed by atoms with Crippen molar-refractivity contribution in [3.05, 3.63) is 71.0 Å². The predicted octanol–water partition coefficient (Wildman–Crippen LogP) is 4.64. The summed E-state index contributed by atoms with van der Waals surface area (Å²) >= 11 is 1.47. The first-order chi connectivity index (χ1) is 14.3. The number of carbonyl (C=O) groups excluding carboxylic acids is 2. The van der Waals surface area contributed by atoms with Gasteiger partial charge in [-0.1, -0.05) is 0 Å². The van der Waals surface area contributed by atoms with E-state index in [1.54, 1.807) is 25.3 Å². The summed E-state index contributed by atoms with van der Waals surface area (Å²) in [6, 6.07) is 14.5. The zero-order valence-corrected chi connectivity index (χ0v) is 18.2. The average Bonchev–Trinajstić information content (AvgIpc) is 2.68. The molecule has 0 spiro atoms. The maximum Gasteiger partial charge on any atom is 0.228 e. The van der Waals surface area contributed by atoms with Gasteiger partial charge in [0.2, 0.25) is 5.91 Å². The largest absolute Gasteiger partial charge is 0.496 e. The third-order valence-corrected chi connectivity index (χ3v) is 5.22. The Morgan fingerprint density at radius 3 is 2.27 bits per heavy atom. The maximum absolute atomic E-state index is 12.5. The summed E-state index contributed by atoms with van der Waals surface area (Å²) in [5.74, 6) is 0.336. The van der Waals surface area contributed by atoms with Crippen LogP contribution in [0.1, 0.15) is 34.2 Å². The quantitative estimate of drug-likeness (QED) is 0.442. The minimum atomic E-state index is -0.188. The number of nitrogens with zero attached hydrogens (tertiary/aromatic N) is 2. The number of hydrogen-bond donors (Lipinski definition) is 1. The van der Waals surface area contributed by atoms with Crippen LogP contribution in [0.5, 0.6) is 5.75 Å². The lowest BCUT2D eigenvalue weighted by Gasteiger charge is -2.11. The van der Waals surface area contributed by atoms with E-state index in [1.165, 1.54) is 18.7 Å². The van der Waals surface area contributed by atoms with Gasteiger partial charge in [0.1, 0.15) is 5.75 Å². The molecule has 0 radical (unpaired) electrons. The normalized spacial score (nSPS) is 10.5. The molecule has 0 atom stereocenters. The molecule has 154 valence electrons. The molecule has 0 fully saturated rings. The summed E-state index contributed by atoms with van der Waals surface area (Å²) in [5, 5.41) is 3.58. The van der Waals surface area contributed by atoms with Crippen molar-refractivity contribution in [1.29, 1.82) is 0 Å². The Bertz CT molecular complexity index is 1060. The summed E-state index contributed by atoms with van der Waals surface area (Å²) in [5.41, 5.74) is 3.76. The standard InChI is InChI=1S/C23H23N3O3S/c1-14-11-15(2)25-23(24-14)30-20-8-6-19(7-9-20)26-22(28)13-18-12-17(16(3)27)5-10-21(18)29-4/h5-12H,13H2,1-4H3,(H,26,28). The minimum absolute atomic E-state index is 0.0554. The highest BCUT2D eigenvalue weighted by Gasteiger charge is 2.12. The van der Waals surface area contributed by atoms with Crippen LogP contribution in [-0.4, -0.2) is 28.8 Å². The fourth-order valence-corrected chi connectivity index (χ4v) is 3.83. The number of amides is 1. The van der Waals surface area contributed by atoms with E-state index in [0.717, 1.165) is 16.3 Å². The number of carbonyl (C=O) groups is 2. The topological polar surface area (TPSA) is 81.2 Å². The summed E-state index contributed by atoms with van der Waals surface area (Å²) in [4.78, 5) is 34.0. The van der Waals surface area contributed by atoms with Crippen LogP contribution in [0, 0.1) is 13.8 Å². The molecule has 0 aliphatic carbocycles. The van der Waals surface area contributed by atoms with Gasteiger partial charge in [-0.2, -0.15) is 0 Å². The van der Waals surface area contributed by atoms with Crippen molar-refractivity contribution in [2.75, 3.05) is 12.4 Å². The van der Waals surface area contributed by atoms with Crippen molar-refractivity contribution in [1.82, 2.24) is 9.97 Å². The van der Waals surface area contributed by atoms with E-state index in [0.29, 0.717) is 27.7 Å². The second-order valence-electron chi connectivity index (χ2n) is 6.87. The van der Waals surface area contributed by atoms with Crippen molar-refractivity contribution in [3.63, 3.8) is 0 Å². The summed E-state index contributed by atoms with van der Waals surface area (Å²) in [6.45, 7) is 5.38. The molecule has 0 bridgehead atoms. The van der Waals surface area contributed by atoms with Gasteiger partial charge in [-0.3, -0.25) is 9.59 Å². The number of benzene rings is 2. The molecule has 1 aromatic heterocycles. The summed E-state index contributed by atoms with van der Waals surface area (Å²) < 4.78 is 5.31. The van der Waals surface area contributed by atoms with Crippen LogP contribution in [-0.2, 0) is 11.2 Å². The van der Waals surface area contributed by atoms with Gasteiger partial charge in [0, 0.05) is 33.1 Å². The van der Waals surface area contributed by atoms with E-state index in [2.05, 4.69) is 15.3 Å². The number of ketones is 1. The molecule has 30 heavy (non-hydrogen) atoms. The van der Waals surface area contributed by atoms with Crippen molar-refractivity contribution in [2.24, 2.45) is 0 Å².